The SMILES string of the molecule is CC(/C=C/O/C=C/C(C)N1CCOCC1)N1CCOCC1. The number of morpholine rings is 2. The van der Waals surface area contributed by atoms with Gasteiger partial charge in [0, 0.05) is 38.3 Å². The molecular formula is C16H28N2O3. The molecule has 0 aromatic rings. The summed E-state index contributed by atoms with van der Waals surface area (Å²) in [5, 5.41) is 0. The maximum absolute atomic E-state index is 5.48. The lowest BCUT2D eigenvalue weighted by molar-refractivity contribution is 0.0280. The number of rotatable bonds is 6. The number of hydrogen-bond donors (Lipinski definition) is 0. The van der Waals surface area contributed by atoms with Gasteiger partial charge in [0.15, 0.2) is 0 Å². The first-order valence-corrected chi connectivity index (χ1v) is 7.90. The van der Waals surface area contributed by atoms with Gasteiger partial charge >= 0.3 is 0 Å². The largest absolute Gasteiger partial charge is 0.473 e. The van der Waals surface area contributed by atoms with Crippen molar-refractivity contribution in [2.24, 2.45) is 0 Å². The van der Waals surface area contributed by atoms with E-state index in [1.807, 2.05) is 0 Å². The molecule has 0 N–H and O–H groups in total. The van der Waals surface area contributed by atoms with E-state index in [9.17, 15) is 0 Å². The van der Waals surface area contributed by atoms with Crippen molar-refractivity contribution in [1.82, 2.24) is 9.80 Å². The maximum atomic E-state index is 5.48. The summed E-state index contributed by atoms with van der Waals surface area (Å²) in [5.41, 5.74) is 0. The fourth-order valence-electron chi connectivity index (χ4n) is 2.58. The van der Waals surface area contributed by atoms with Gasteiger partial charge in [-0.2, -0.15) is 0 Å². The fourth-order valence-corrected chi connectivity index (χ4v) is 2.58. The van der Waals surface area contributed by atoms with Crippen LogP contribution in [0.4, 0.5) is 0 Å². The molecule has 2 aliphatic heterocycles. The first-order valence-electron chi connectivity index (χ1n) is 7.90. The van der Waals surface area contributed by atoms with Crippen LogP contribution in [-0.4, -0.2) is 74.5 Å². The van der Waals surface area contributed by atoms with E-state index in [1.165, 1.54) is 0 Å². The molecule has 2 unspecified atom stereocenters. The van der Waals surface area contributed by atoms with Gasteiger partial charge in [0.1, 0.15) is 0 Å². The topological polar surface area (TPSA) is 34.2 Å². The van der Waals surface area contributed by atoms with Crippen LogP contribution in [0.15, 0.2) is 24.7 Å². The summed E-state index contributed by atoms with van der Waals surface area (Å²) in [4.78, 5) is 4.78. The zero-order valence-corrected chi connectivity index (χ0v) is 13.2. The van der Waals surface area contributed by atoms with E-state index in [0.717, 1.165) is 52.6 Å². The Kier molecular flexibility index (Phi) is 7.23. The van der Waals surface area contributed by atoms with Crippen LogP contribution >= 0.6 is 0 Å². The molecule has 2 rings (SSSR count). The van der Waals surface area contributed by atoms with E-state index in [0.29, 0.717) is 12.1 Å². The molecule has 0 saturated carbocycles. The minimum absolute atomic E-state index is 0.388. The molecule has 0 radical (unpaired) electrons. The number of nitrogens with zero attached hydrogens (tertiary/aromatic N) is 2. The second-order valence-corrected chi connectivity index (χ2v) is 5.57. The van der Waals surface area contributed by atoms with Gasteiger partial charge in [-0.15, -0.1) is 0 Å². The Morgan fingerprint density at radius 2 is 1.14 bits per heavy atom. The molecule has 2 heterocycles. The molecule has 0 bridgehead atoms. The van der Waals surface area contributed by atoms with Crippen molar-refractivity contribution in [1.29, 1.82) is 0 Å². The Hall–Kier alpha value is -0.880. The summed E-state index contributed by atoms with van der Waals surface area (Å²) in [6.45, 7) is 11.7. The Balaban J connectivity index is 1.65. The summed E-state index contributed by atoms with van der Waals surface area (Å²) in [7, 11) is 0. The lowest BCUT2D eigenvalue weighted by atomic mass is 10.2. The van der Waals surface area contributed by atoms with E-state index in [2.05, 4.69) is 35.8 Å². The van der Waals surface area contributed by atoms with Crippen LogP contribution in [0.25, 0.3) is 0 Å². The zero-order valence-electron chi connectivity index (χ0n) is 13.2. The maximum Gasteiger partial charge on any atom is 0.0876 e. The average Bonchev–Trinajstić information content (AvgIpc) is 2.55. The van der Waals surface area contributed by atoms with Crippen molar-refractivity contribution < 1.29 is 14.2 Å². The lowest BCUT2D eigenvalue weighted by Gasteiger charge is -2.30. The van der Waals surface area contributed by atoms with Crippen LogP contribution in [0.5, 0.6) is 0 Å². The summed E-state index contributed by atoms with van der Waals surface area (Å²) < 4.78 is 16.2. The standard InChI is InChI=1S/C16H28N2O3/c1-15(17-5-11-20-12-6-17)3-9-19-10-4-16(2)18-7-13-21-14-8-18/h3-4,9-10,15-16H,5-8,11-14H2,1-2H3/b9-3+,10-4+. The summed E-state index contributed by atoms with van der Waals surface area (Å²) in [5.74, 6) is 0. The van der Waals surface area contributed by atoms with E-state index < -0.39 is 0 Å². The highest BCUT2D eigenvalue weighted by Gasteiger charge is 2.15. The predicted molar refractivity (Wildman–Crippen MR) is 83.1 cm³/mol. The highest BCUT2D eigenvalue weighted by molar-refractivity contribution is 4.92. The van der Waals surface area contributed by atoms with Crippen molar-refractivity contribution in [3.05, 3.63) is 24.7 Å². The first-order chi connectivity index (χ1) is 10.3. The van der Waals surface area contributed by atoms with E-state index in [4.69, 9.17) is 14.2 Å². The van der Waals surface area contributed by atoms with Crippen LogP contribution < -0.4 is 0 Å². The Morgan fingerprint density at radius 3 is 1.52 bits per heavy atom. The lowest BCUT2D eigenvalue weighted by Crippen LogP contribution is -2.41. The normalized spacial score (nSPS) is 25.4. The van der Waals surface area contributed by atoms with Crippen LogP contribution in [0.3, 0.4) is 0 Å². The molecule has 2 fully saturated rings. The van der Waals surface area contributed by atoms with Crippen LogP contribution in [-0.2, 0) is 14.2 Å². The highest BCUT2D eigenvalue weighted by atomic mass is 16.5. The number of ether oxygens (including phenoxy) is 3. The Bertz CT molecular complexity index is 302. The minimum Gasteiger partial charge on any atom is -0.473 e. The molecule has 0 aromatic carbocycles. The molecule has 120 valence electrons. The summed E-state index contributed by atoms with van der Waals surface area (Å²) in [6, 6.07) is 0.776. The van der Waals surface area contributed by atoms with Crippen molar-refractivity contribution in [3.63, 3.8) is 0 Å². The third-order valence-electron chi connectivity index (χ3n) is 4.11. The van der Waals surface area contributed by atoms with Crippen LogP contribution in [0, 0.1) is 0 Å². The predicted octanol–water partition coefficient (Wildman–Crippen LogP) is 1.47. The highest BCUT2D eigenvalue weighted by Crippen LogP contribution is 2.06. The Labute approximate surface area is 128 Å². The molecule has 21 heavy (non-hydrogen) atoms. The zero-order chi connectivity index (χ0) is 14.9. The van der Waals surface area contributed by atoms with Crippen LogP contribution in [0.2, 0.25) is 0 Å². The molecular weight excluding hydrogens is 268 g/mol. The molecule has 0 aromatic heterocycles. The van der Waals surface area contributed by atoms with Gasteiger partial charge < -0.3 is 14.2 Å². The van der Waals surface area contributed by atoms with E-state index >= 15 is 0 Å². The van der Waals surface area contributed by atoms with Gasteiger partial charge in [-0.05, 0) is 26.0 Å². The van der Waals surface area contributed by atoms with Crippen LogP contribution in [0.1, 0.15) is 13.8 Å². The van der Waals surface area contributed by atoms with Gasteiger partial charge in [-0.1, -0.05) is 0 Å². The van der Waals surface area contributed by atoms with E-state index in [-0.39, 0.29) is 0 Å². The van der Waals surface area contributed by atoms with Crippen molar-refractivity contribution in [3.8, 4) is 0 Å². The van der Waals surface area contributed by atoms with Gasteiger partial charge in [0.25, 0.3) is 0 Å². The molecule has 0 amide bonds. The molecule has 0 aliphatic carbocycles. The van der Waals surface area contributed by atoms with Crippen molar-refractivity contribution >= 4 is 0 Å². The third-order valence-corrected chi connectivity index (χ3v) is 4.11. The third kappa shape index (κ3) is 5.79. The molecule has 0 spiro atoms. The Morgan fingerprint density at radius 1 is 0.762 bits per heavy atom. The smallest absolute Gasteiger partial charge is 0.0876 e. The second-order valence-electron chi connectivity index (χ2n) is 5.57. The summed E-state index contributed by atoms with van der Waals surface area (Å²) >= 11 is 0. The van der Waals surface area contributed by atoms with Gasteiger partial charge in [0.05, 0.1) is 39.0 Å². The fraction of sp³-hybridized carbons (Fsp3) is 0.750. The van der Waals surface area contributed by atoms with Crippen molar-refractivity contribution in [2.45, 2.75) is 25.9 Å². The molecule has 5 heteroatoms. The molecule has 5 nitrogen and oxygen atoms in total. The van der Waals surface area contributed by atoms with Gasteiger partial charge in [0.2, 0.25) is 0 Å². The van der Waals surface area contributed by atoms with E-state index in [1.54, 1.807) is 12.5 Å². The second kappa shape index (κ2) is 9.20. The summed E-state index contributed by atoms with van der Waals surface area (Å²) in [6.07, 6.45) is 7.75. The number of hydrogen-bond acceptors (Lipinski definition) is 5. The molecule has 2 saturated heterocycles. The minimum atomic E-state index is 0.388. The monoisotopic (exact) mass is 296 g/mol. The quantitative estimate of drug-likeness (QED) is 0.694. The van der Waals surface area contributed by atoms with Crippen molar-refractivity contribution in [2.75, 3.05) is 52.6 Å². The average molecular weight is 296 g/mol. The first kappa shape index (κ1) is 16.5. The molecule has 2 aliphatic rings. The molecule has 2 atom stereocenters. The van der Waals surface area contributed by atoms with Gasteiger partial charge in [-0.25, -0.2) is 0 Å². The van der Waals surface area contributed by atoms with Gasteiger partial charge in [-0.3, -0.25) is 9.80 Å².